The molecule has 0 heterocycles. The van der Waals surface area contributed by atoms with Crippen LogP contribution < -0.4 is 4.74 Å². The summed E-state index contributed by atoms with van der Waals surface area (Å²) < 4.78 is 6.27. The van der Waals surface area contributed by atoms with Gasteiger partial charge in [-0.3, -0.25) is 10.1 Å². The number of rotatable bonds is 3. The largest absolute Gasteiger partial charge is 0.456 e. The number of nitriles is 1. The summed E-state index contributed by atoms with van der Waals surface area (Å²) in [6, 6.07) is 12.8. The molecule has 0 spiro atoms. The van der Waals surface area contributed by atoms with Crippen LogP contribution in [0.2, 0.25) is 0 Å². The van der Waals surface area contributed by atoms with E-state index in [1.54, 1.807) is 24.3 Å². The Morgan fingerprint density at radius 2 is 2.05 bits per heavy atom. The Kier molecular flexibility index (Phi) is 3.78. The van der Waals surface area contributed by atoms with E-state index in [1.807, 2.05) is 6.07 Å². The molecule has 2 rings (SSSR count). The molecule has 0 bridgehead atoms. The van der Waals surface area contributed by atoms with E-state index in [9.17, 15) is 10.1 Å². The van der Waals surface area contributed by atoms with Crippen molar-refractivity contribution >= 4 is 21.6 Å². The normalized spacial score (nSPS) is 9.68. The minimum Gasteiger partial charge on any atom is -0.456 e. The third-order valence-corrected chi connectivity index (χ3v) is 2.81. The van der Waals surface area contributed by atoms with Gasteiger partial charge in [-0.05, 0) is 24.3 Å². The molecule has 2 aromatic rings. The molecule has 94 valence electrons. The van der Waals surface area contributed by atoms with Crippen LogP contribution in [0.4, 0.5) is 5.69 Å². The van der Waals surface area contributed by atoms with Gasteiger partial charge in [0.15, 0.2) is 0 Å². The molecule has 2 aromatic carbocycles. The molecular weight excluding hydrogens is 312 g/mol. The average molecular weight is 319 g/mol. The van der Waals surface area contributed by atoms with E-state index in [0.29, 0.717) is 17.1 Å². The summed E-state index contributed by atoms with van der Waals surface area (Å²) in [5.74, 6) is 0.654. The summed E-state index contributed by atoms with van der Waals surface area (Å²) >= 11 is 3.28. The fourth-order valence-electron chi connectivity index (χ4n) is 1.46. The molecule has 0 unspecified atom stereocenters. The first-order valence-corrected chi connectivity index (χ1v) is 6.01. The van der Waals surface area contributed by atoms with Crippen molar-refractivity contribution in [1.82, 2.24) is 0 Å². The molecule has 19 heavy (non-hydrogen) atoms. The molecule has 0 amide bonds. The highest BCUT2D eigenvalue weighted by molar-refractivity contribution is 9.10. The number of benzene rings is 2. The van der Waals surface area contributed by atoms with Gasteiger partial charge in [-0.2, -0.15) is 5.26 Å². The molecule has 6 heteroatoms. The first-order chi connectivity index (χ1) is 9.10. The van der Waals surface area contributed by atoms with E-state index in [0.717, 1.165) is 4.47 Å². The second kappa shape index (κ2) is 5.50. The number of ether oxygens (including phenoxy) is 1. The number of halogens is 1. The van der Waals surface area contributed by atoms with Crippen molar-refractivity contribution in [2.24, 2.45) is 0 Å². The Bertz CT molecular complexity index is 680. The smallest absolute Gasteiger partial charge is 0.273 e. The van der Waals surface area contributed by atoms with Crippen molar-refractivity contribution in [3.8, 4) is 17.6 Å². The molecule has 0 N–H and O–H groups in total. The van der Waals surface area contributed by atoms with Crippen LogP contribution in [-0.2, 0) is 0 Å². The fraction of sp³-hybridized carbons (Fsp3) is 0. The molecular formula is C13H7BrN2O3. The lowest BCUT2D eigenvalue weighted by Crippen LogP contribution is -1.91. The van der Waals surface area contributed by atoms with Crippen molar-refractivity contribution in [2.75, 3.05) is 0 Å². The van der Waals surface area contributed by atoms with E-state index in [1.165, 1.54) is 18.2 Å². The van der Waals surface area contributed by atoms with Gasteiger partial charge in [0, 0.05) is 10.5 Å². The van der Waals surface area contributed by atoms with Gasteiger partial charge in [0.05, 0.1) is 16.6 Å². The standard InChI is InChI=1S/C13H7BrN2O3/c14-10-5-4-9(8-15)13(6-10)19-12-3-1-2-11(7-12)16(17)18/h1-7H. The monoisotopic (exact) mass is 318 g/mol. The van der Waals surface area contributed by atoms with Crippen molar-refractivity contribution in [2.45, 2.75) is 0 Å². The predicted molar refractivity (Wildman–Crippen MR) is 72.0 cm³/mol. The first-order valence-electron chi connectivity index (χ1n) is 5.22. The number of hydrogen-bond acceptors (Lipinski definition) is 4. The molecule has 0 saturated heterocycles. The summed E-state index contributed by atoms with van der Waals surface area (Å²) in [4.78, 5) is 10.2. The predicted octanol–water partition coefficient (Wildman–Crippen LogP) is 4.02. The molecule has 0 aromatic heterocycles. The number of non-ortho nitro benzene ring substituents is 1. The summed E-state index contributed by atoms with van der Waals surface area (Å²) in [7, 11) is 0. The Morgan fingerprint density at radius 1 is 1.26 bits per heavy atom. The SMILES string of the molecule is N#Cc1ccc(Br)cc1Oc1cccc([N+](=O)[O-])c1. The molecule has 0 radical (unpaired) electrons. The summed E-state index contributed by atoms with van der Waals surface area (Å²) in [5, 5.41) is 19.6. The Balaban J connectivity index is 2.36. The van der Waals surface area contributed by atoms with Crippen LogP contribution in [0.15, 0.2) is 46.9 Å². The number of hydrogen-bond donors (Lipinski definition) is 0. The molecule has 0 aliphatic heterocycles. The summed E-state index contributed by atoms with van der Waals surface area (Å²) in [6.45, 7) is 0. The maximum Gasteiger partial charge on any atom is 0.273 e. The van der Waals surface area contributed by atoms with Crippen LogP contribution in [0, 0.1) is 21.4 Å². The van der Waals surface area contributed by atoms with Gasteiger partial charge in [0.2, 0.25) is 0 Å². The lowest BCUT2D eigenvalue weighted by atomic mass is 10.2. The third-order valence-electron chi connectivity index (χ3n) is 2.32. The fourth-order valence-corrected chi connectivity index (χ4v) is 1.80. The summed E-state index contributed by atoms with van der Waals surface area (Å²) in [6.07, 6.45) is 0. The summed E-state index contributed by atoms with van der Waals surface area (Å²) in [5.41, 5.74) is 0.292. The zero-order valence-electron chi connectivity index (χ0n) is 9.54. The molecule has 0 aliphatic carbocycles. The highest BCUT2D eigenvalue weighted by Crippen LogP contribution is 2.29. The zero-order chi connectivity index (χ0) is 13.8. The topological polar surface area (TPSA) is 76.2 Å². The molecule has 0 fully saturated rings. The lowest BCUT2D eigenvalue weighted by Gasteiger charge is -2.07. The second-order valence-corrected chi connectivity index (χ2v) is 4.52. The van der Waals surface area contributed by atoms with Crippen molar-refractivity contribution in [3.05, 3.63) is 62.6 Å². The minimum absolute atomic E-state index is 0.0639. The van der Waals surface area contributed by atoms with Crippen LogP contribution >= 0.6 is 15.9 Å². The molecule has 5 nitrogen and oxygen atoms in total. The first kappa shape index (κ1) is 13.1. The molecule has 0 atom stereocenters. The molecule has 0 aliphatic rings. The number of nitro groups is 1. The van der Waals surface area contributed by atoms with E-state index in [4.69, 9.17) is 10.00 Å². The van der Waals surface area contributed by atoms with Crippen molar-refractivity contribution < 1.29 is 9.66 Å². The maximum atomic E-state index is 10.7. The third kappa shape index (κ3) is 3.09. The average Bonchev–Trinajstić information content (AvgIpc) is 2.39. The van der Waals surface area contributed by atoms with Gasteiger partial charge >= 0.3 is 0 Å². The highest BCUT2D eigenvalue weighted by Gasteiger charge is 2.09. The Morgan fingerprint density at radius 3 is 2.74 bits per heavy atom. The van der Waals surface area contributed by atoms with E-state index in [2.05, 4.69) is 15.9 Å². The van der Waals surface area contributed by atoms with Gasteiger partial charge in [0.1, 0.15) is 17.6 Å². The maximum absolute atomic E-state index is 10.7. The number of nitrogens with zero attached hydrogens (tertiary/aromatic N) is 2. The second-order valence-electron chi connectivity index (χ2n) is 3.61. The van der Waals surface area contributed by atoms with Crippen LogP contribution in [-0.4, -0.2) is 4.92 Å². The van der Waals surface area contributed by atoms with Crippen LogP contribution in [0.25, 0.3) is 0 Å². The minimum atomic E-state index is -0.501. The van der Waals surface area contributed by atoms with Crippen molar-refractivity contribution in [1.29, 1.82) is 5.26 Å². The Labute approximate surface area is 117 Å². The van der Waals surface area contributed by atoms with Gasteiger partial charge in [-0.1, -0.05) is 22.0 Å². The highest BCUT2D eigenvalue weighted by atomic mass is 79.9. The lowest BCUT2D eigenvalue weighted by molar-refractivity contribution is -0.384. The van der Waals surface area contributed by atoms with Crippen LogP contribution in [0.1, 0.15) is 5.56 Å². The van der Waals surface area contributed by atoms with E-state index in [-0.39, 0.29) is 5.69 Å². The van der Waals surface area contributed by atoms with Gasteiger partial charge < -0.3 is 4.74 Å². The van der Waals surface area contributed by atoms with Crippen molar-refractivity contribution in [3.63, 3.8) is 0 Å². The van der Waals surface area contributed by atoms with Gasteiger partial charge in [-0.25, -0.2) is 0 Å². The zero-order valence-corrected chi connectivity index (χ0v) is 11.1. The van der Waals surface area contributed by atoms with Gasteiger partial charge in [-0.15, -0.1) is 0 Å². The van der Waals surface area contributed by atoms with E-state index >= 15 is 0 Å². The van der Waals surface area contributed by atoms with Crippen LogP contribution in [0.3, 0.4) is 0 Å². The molecule has 0 saturated carbocycles. The van der Waals surface area contributed by atoms with Gasteiger partial charge in [0.25, 0.3) is 5.69 Å². The number of nitro benzene ring substituents is 1. The Hall–Kier alpha value is -2.39. The van der Waals surface area contributed by atoms with E-state index < -0.39 is 4.92 Å². The quantitative estimate of drug-likeness (QED) is 0.632. The van der Waals surface area contributed by atoms with Crippen LogP contribution in [0.5, 0.6) is 11.5 Å².